The maximum absolute atomic E-state index is 12.5. The van der Waals surface area contributed by atoms with E-state index in [9.17, 15) is 4.79 Å². The van der Waals surface area contributed by atoms with Crippen molar-refractivity contribution in [3.05, 3.63) is 70.9 Å². The van der Waals surface area contributed by atoms with Crippen LogP contribution in [0.4, 0.5) is 23.1 Å². The van der Waals surface area contributed by atoms with Gasteiger partial charge in [-0.15, -0.1) is 0 Å². The first kappa shape index (κ1) is 17.2. The van der Waals surface area contributed by atoms with E-state index in [4.69, 9.17) is 0 Å². The van der Waals surface area contributed by atoms with Crippen molar-refractivity contribution < 1.29 is 4.79 Å². The van der Waals surface area contributed by atoms with Gasteiger partial charge in [0.25, 0.3) is 0 Å². The van der Waals surface area contributed by atoms with Crippen LogP contribution >= 0.6 is 0 Å². The SMILES string of the molecule is Cc1ccc(Nc2nc3c(c(Nc4cccc(C)c4)n2)C(=O)CCC3)cc1. The van der Waals surface area contributed by atoms with Gasteiger partial charge in [0.05, 0.1) is 11.3 Å². The lowest BCUT2D eigenvalue weighted by atomic mass is 9.95. The Bertz CT molecular complexity index is 996. The van der Waals surface area contributed by atoms with Crippen LogP contribution in [0.2, 0.25) is 0 Å². The van der Waals surface area contributed by atoms with Crippen LogP contribution in [0.1, 0.15) is 40.0 Å². The van der Waals surface area contributed by atoms with Crippen LogP contribution in [0.3, 0.4) is 0 Å². The summed E-state index contributed by atoms with van der Waals surface area (Å²) in [6.07, 6.45) is 2.16. The van der Waals surface area contributed by atoms with Crippen LogP contribution in [0.5, 0.6) is 0 Å². The van der Waals surface area contributed by atoms with E-state index < -0.39 is 0 Å². The normalized spacial score (nSPS) is 13.2. The third-order valence-electron chi connectivity index (χ3n) is 4.67. The van der Waals surface area contributed by atoms with Crippen LogP contribution in [-0.4, -0.2) is 15.8 Å². The Morgan fingerprint density at radius 3 is 2.44 bits per heavy atom. The zero-order chi connectivity index (χ0) is 18.8. The van der Waals surface area contributed by atoms with Gasteiger partial charge in [0.15, 0.2) is 5.78 Å². The van der Waals surface area contributed by atoms with Gasteiger partial charge in [-0.05, 0) is 56.5 Å². The van der Waals surface area contributed by atoms with Crippen molar-refractivity contribution in [3.8, 4) is 0 Å². The zero-order valence-electron chi connectivity index (χ0n) is 15.5. The van der Waals surface area contributed by atoms with E-state index in [0.717, 1.165) is 35.5 Å². The molecule has 1 heterocycles. The van der Waals surface area contributed by atoms with Crippen LogP contribution in [0.25, 0.3) is 0 Å². The number of Topliss-reactive ketones (excluding diaryl/α,β-unsaturated/α-hetero) is 1. The summed E-state index contributed by atoms with van der Waals surface area (Å²) < 4.78 is 0. The second-order valence-corrected chi connectivity index (χ2v) is 6.98. The molecule has 27 heavy (non-hydrogen) atoms. The number of carbonyl (C=O) groups is 1. The van der Waals surface area contributed by atoms with Crippen molar-refractivity contribution in [2.24, 2.45) is 0 Å². The summed E-state index contributed by atoms with van der Waals surface area (Å²) in [6, 6.07) is 16.1. The molecule has 1 aromatic heterocycles. The van der Waals surface area contributed by atoms with Crippen LogP contribution < -0.4 is 10.6 Å². The fraction of sp³-hybridized carbons (Fsp3) is 0.227. The van der Waals surface area contributed by atoms with E-state index in [-0.39, 0.29) is 5.78 Å². The number of rotatable bonds is 4. The van der Waals surface area contributed by atoms with Gasteiger partial charge in [-0.3, -0.25) is 4.79 Å². The number of fused-ring (bicyclic) bond motifs is 1. The molecule has 0 bridgehead atoms. The predicted molar refractivity (Wildman–Crippen MR) is 108 cm³/mol. The molecule has 2 N–H and O–H groups in total. The lowest BCUT2D eigenvalue weighted by molar-refractivity contribution is 0.0972. The highest BCUT2D eigenvalue weighted by Crippen LogP contribution is 2.30. The second kappa shape index (κ2) is 7.19. The van der Waals surface area contributed by atoms with E-state index in [1.807, 2.05) is 55.5 Å². The van der Waals surface area contributed by atoms with Crippen LogP contribution in [0.15, 0.2) is 48.5 Å². The van der Waals surface area contributed by atoms with Crippen molar-refractivity contribution in [2.45, 2.75) is 33.1 Å². The molecule has 0 saturated heterocycles. The summed E-state index contributed by atoms with van der Waals surface area (Å²) in [4.78, 5) is 21.8. The topological polar surface area (TPSA) is 66.9 Å². The molecule has 0 saturated carbocycles. The van der Waals surface area contributed by atoms with Crippen molar-refractivity contribution in [1.29, 1.82) is 0 Å². The maximum atomic E-state index is 12.5. The molecule has 2 aromatic carbocycles. The highest BCUT2D eigenvalue weighted by Gasteiger charge is 2.24. The Labute approximate surface area is 158 Å². The summed E-state index contributed by atoms with van der Waals surface area (Å²) >= 11 is 0. The molecule has 4 rings (SSSR count). The monoisotopic (exact) mass is 358 g/mol. The number of carbonyl (C=O) groups excluding carboxylic acids is 1. The molecular weight excluding hydrogens is 336 g/mol. The van der Waals surface area contributed by atoms with E-state index >= 15 is 0 Å². The molecule has 1 aliphatic rings. The quantitative estimate of drug-likeness (QED) is 0.679. The number of nitrogens with one attached hydrogen (secondary N) is 2. The molecular formula is C22H22N4O. The number of nitrogens with zero attached hydrogens (tertiary/aromatic N) is 2. The van der Waals surface area contributed by atoms with E-state index in [0.29, 0.717) is 23.8 Å². The van der Waals surface area contributed by atoms with Crippen LogP contribution in [-0.2, 0) is 6.42 Å². The maximum Gasteiger partial charge on any atom is 0.229 e. The molecule has 5 nitrogen and oxygen atoms in total. The largest absolute Gasteiger partial charge is 0.339 e. The lowest BCUT2D eigenvalue weighted by Gasteiger charge is -2.19. The zero-order valence-corrected chi connectivity index (χ0v) is 15.5. The second-order valence-electron chi connectivity index (χ2n) is 6.98. The Kier molecular flexibility index (Phi) is 4.59. The van der Waals surface area contributed by atoms with Gasteiger partial charge in [0, 0.05) is 17.8 Å². The molecule has 1 aliphatic carbocycles. The Hall–Kier alpha value is -3.21. The number of aryl methyl sites for hydroxylation is 3. The van der Waals surface area contributed by atoms with E-state index in [1.165, 1.54) is 5.56 Å². The molecule has 0 spiro atoms. The summed E-state index contributed by atoms with van der Waals surface area (Å²) in [5.41, 5.74) is 5.61. The first-order valence-corrected chi connectivity index (χ1v) is 9.20. The number of anilines is 4. The summed E-state index contributed by atoms with van der Waals surface area (Å²) in [6.45, 7) is 4.09. The van der Waals surface area contributed by atoms with Gasteiger partial charge in [0.2, 0.25) is 5.95 Å². The van der Waals surface area contributed by atoms with Crippen molar-refractivity contribution in [3.63, 3.8) is 0 Å². The van der Waals surface area contributed by atoms with Gasteiger partial charge in [-0.25, -0.2) is 4.98 Å². The molecule has 0 atom stereocenters. The number of ketones is 1. The van der Waals surface area contributed by atoms with Crippen molar-refractivity contribution in [1.82, 2.24) is 9.97 Å². The number of hydrogen-bond acceptors (Lipinski definition) is 5. The minimum atomic E-state index is 0.105. The molecule has 136 valence electrons. The van der Waals surface area contributed by atoms with Crippen LogP contribution in [0, 0.1) is 13.8 Å². The highest BCUT2D eigenvalue weighted by atomic mass is 16.1. The lowest BCUT2D eigenvalue weighted by Crippen LogP contribution is -2.17. The molecule has 3 aromatic rings. The van der Waals surface area contributed by atoms with Gasteiger partial charge in [0.1, 0.15) is 5.82 Å². The molecule has 0 aliphatic heterocycles. The number of aromatic nitrogens is 2. The minimum absolute atomic E-state index is 0.105. The summed E-state index contributed by atoms with van der Waals surface area (Å²) in [7, 11) is 0. The average Bonchev–Trinajstić information content (AvgIpc) is 2.64. The molecule has 0 fully saturated rings. The van der Waals surface area contributed by atoms with E-state index in [2.05, 4.69) is 27.5 Å². The third-order valence-corrected chi connectivity index (χ3v) is 4.67. The van der Waals surface area contributed by atoms with Gasteiger partial charge >= 0.3 is 0 Å². The Balaban J connectivity index is 1.73. The molecule has 0 radical (unpaired) electrons. The molecule has 5 heteroatoms. The number of benzene rings is 2. The van der Waals surface area contributed by atoms with Crippen molar-refractivity contribution in [2.75, 3.05) is 10.6 Å². The predicted octanol–water partition coefficient (Wildman–Crippen LogP) is 5.10. The third kappa shape index (κ3) is 3.82. The Morgan fingerprint density at radius 1 is 0.852 bits per heavy atom. The minimum Gasteiger partial charge on any atom is -0.339 e. The standard InChI is InChI=1S/C22H22N4O/c1-14-9-11-16(12-10-14)24-22-25-18-7-4-8-19(27)20(18)21(26-22)23-17-6-3-5-15(2)13-17/h3,5-6,9-13H,4,7-8H2,1-2H3,(H2,23,24,25,26). The number of hydrogen-bond donors (Lipinski definition) is 2. The highest BCUT2D eigenvalue weighted by molar-refractivity contribution is 6.03. The van der Waals surface area contributed by atoms with Gasteiger partial charge < -0.3 is 10.6 Å². The summed E-state index contributed by atoms with van der Waals surface area (Å²) in [5.74, 6) is 1.18. The molecule has 0 unspecified atom stereocenters. The smallest absolute Gasteiger partial charge is 0.229 e. The first-order valence-electron chi connectivity index (χ1n) is 9.20. The fourth-order valence-corrected chi connectivity index (χ4v) is 3.29. The molecule has 0 amide bonds. The van der Waals surface area contributed by atoms with E-state index in [1.54, 1.807) is 0 Å². The first-order chi connectivity index (χ1) is 13.1. The van der Waals surface area contributed by atoms with Gasteiger partial charge in [-0.2, -0.15) is 4.98 Å². The fourth-order valence-electron chi connectivity index (χ4n) is 3.29. The van der Waals surface area contributed by atoms with Crippen molar-refractivity contribution >= 4 is 28.9 Å². The summed E-state index contributed by atoms with van der Waals surface area (Å²) in [5, 5.41) is 6.59. The average molecular weight is 358 g/mol. The van der Waals surface area contributed by atoms with Gasteiger partial charge in [-0.1, -0.05) is 29.8 Å². The Morgan fingerprint density at radius 2 is 1.67 bits per heavy atom.